The summed E-state index contributed by atoms with van der Waals surface area (Å²) in [4.78, 5) is 26.4. The van der Waals surface area contributed by atoms with Gasteiger partial charge in [-0.1, -0.05) is 11.6 Å². The average Bonchev–Trinajstić information content (AvgIpc) is 3.15. The predicted octanol–water partition coefficient (Wildman–Crippen LogP) is 3.84. The van der Waals surface area contributed by atoms with Crippen LogP contribution in [0.5, 0.6) is 5.75 Å². The monoisotopic (exact) mass is 377 g/mol. The highest BCUT2D eigenvalue weighted by atomic mass is 35.5. The topological polar surface area (TPSA) is 66.8 Å². The van der Waals surface area contributed by atoms with Gasteiger partial charge in [-0.2, -0.15) is 0 Å². The number of rotatable bonds is 5. The minimum Gasteiger partial charge on any atom is -0.490 e. The van der Waals surface area contributed by atoms with Crippen LogP contribution in [0.3, 0.4) is 0 Å². The SMILES string of the molecule is O=C(O)[C@H]1CN(C(=O)c2cc(Cl)ccc2OC2CCCC2)C[C@@H]1C1CC1. The van der Waals surface area contributed by atoms with Crippen molar-refractivity contribution in [3.05, 3.63) is 28.8 Å². The van der Waals surface area contributed by atoms with E-state index < -0.39 is 11.9 Å². The Morgan fingerprint density at radius 1 is 1.12 bits per heavy atom. The van der Waals surface area contributed by atoms with E-state index in [0.717, 1.165) is 38.5 Å². The average molecular weight is 378 g/mol. The number of ether oxygens (including phenoxy) is 1. The first-order valence-electron chi connectivity index (χ1n) is 9.51. The molecule has 1 aromatic carbocycles. The first-order valence-corrected chi connectivity index (χ1v) is 9.89. The van der Waals surface area contributed by atoms with Gasteiger partial charge in [-0.15, -0.1) is 0 Å². The zero-order chi connectivity index (χ0) is 18.3. The van der Waals surface area contributed by atoms with E-state index in [-0.39, 0.29) is 24.5 Å². The summed E-state index contributed by atoms with van der Waals surface area (Å²) in [6.07, 6.45) is 6.60. The smallest absolute Gasteiger partial charge is 0.308 e. The zero-order valence-electron chi connectivity index (χ0n) is 14.7. The van der Waals surface area contributed by atoms with Crippen molar-refractivity contribution in [1.29, 1.82) is 0 Å². The number of hydrogen-bond acceptors (Lipinski definition) is 3. The Hall–Kier alpha value is -1.75. The lowest BCUT2D eigenvalue weighted by Gasteiger charge is -2.21. The van der Waals surface area contributed by atoms with Crippen molar-refractivity contribution in [2.45, 2.75) is 44.6 Å². The van der Waals surface area contributed by atoms with Crippen LogP contribution < -0.4 is 4.74 Å². The normalized spacial score (nSPS) is 26.3. The predicted molar refractivity (Wildman–Crippen MR) is 97.6 cm³/mol. The lowest BCUT2D eigenvalue weighted by Crippen LogP contribution is -2.30. The van der Waals surface area contributed by atoms with Crippen LogP contribution in [0.2, 0.25) is 5.02 Å². The number of hydrogen-bond donors (Lipinski definition) is 1. The highest BCUT2D eigenvalue weighted by Crippen LogP contribution is 2.44. The number of benzene rings is 1. The standard InChI is InChI=1S/C20H24ClNO4/c21-13-7-8-18(26-14-3-1-2-4-14)15(9-13)19(23)22-10-16(12-5-6-12)17(11-22)20(24)25/h7-9,12,14,16-17H,1-6,10-11H2,(H,24,25)/t16-,17+/m1/s1. The number of halogens is 1. The molecule has 2 aliphatic carbocycles. The Kier molecular flexibility index (Phi) is 4.82. The molecule has 1 aromatic rings. The van der Waals surface area contributed by atoms with Crippen molar-refractivity contribution in [3.63, 3.8) is 0 Å². The molecule has 140 valence electrons. The number of amides is 1. The summed E-state index contributed by atoms with van der Waals surface area (Å²) in [6.45, 7) is 0.778. The molecule has 3 fully saturated rings. The second-order valence-corrected chi connectivity index (χ2v) is 8.26. The minimum absolute atomic E-state index is 0.0647. The highest BCUT2D eigenvalue weighted by Gasteiger charge is 2.47. The van der Waals surface area contributed by atoms with Gasteiger partial charge in [0, 0.05) is 18.1 Å². The molecule has 6 heteroatoms. The Morgan fingerprint density at radius 3 is 2.50 bits per heavy atom. The van der Waals surface area contributed by atoms with Crippen LogP contribution in [0, 0.1) is 17.8 Å². The van der Waals surface area contributed by atoms with E-state index in [1.165, 1.54) is 0 Å². The third kappa shape index (κ3) is 3.54. The van der Waals surface area contributed by atoms with Crippen LogP contribution in [0.15, 0.2) is 18.2 Å². The molecule has 2 atom stereocenters. The molecule has 26 heavy (non-hydrogen) atoms. The Bertz CT molecular complexity index is 712. The Morgan fingerprint density at radius 2 is 1.85 bits per heavy atom. The van der Waals surface area contributed by atoms with Crippen LogP contribution in [-0.2, 0) is 4.79 Å². The molecular formula is C20H24ClNO4. The van der Waals surface area contributed by atoms with Gasteiger partial charge >= 0.3 is 5.97 Å². The molecule has 0 spiro atoms. The minimum atomic E-state index is -0.800. The van der Waals surface area contributed by atoms with Crippen molar-refractivity contribution in [2.75, 3.05) is 13.1 Å². The van der Waals surface area contributed by atoms with Crippen LogP contribution in [0.4, 0.5) is 0 Å². The maximum absolute atomic E-state index is 13.1. The zero-order valence-corrected chi connectivity index (χ0v) is 15.5. The number of carboxylic acids is 1. The molecule has 0 aromatic heterocycles. The van der Waals surface area contributed by atoms with Gasteiger partial charge in [0.05, 0.1) is 17.6 Å². The van der Waals surface area contributed by atoms with Crippen molar-refractivity contribution in [3.8, 4) is 5.75 Å². The second kappa shape index (κ2) is 7.10. The third-order valence-electron chi connectivity index (χ3n) is 5.96. The van der Waals surface area contributed by atoms with Crippen molar-refractivity contribution in [2.24, 2.45) is 17.8 Å². The van der Waals surface area contributed by atoms with Crippen LogP contribution >= 0.6 is 11.6 Å². The number of nitrogens with zero attached hydrogens (tertiary/aromatic N) is 1. The summed E-state index contributed by atoms with van der Waals surface area (Å²) in [7, 11) is 0. The van der Waals surface area contributed by atoms with E-state index >= 15 is 0 Å². The lowest BCUT2D eigenvalue weighted by molar-refractivity contribution is -0.142. The molecule has 1 N–H and O–H groups in total. The fourth-order valence-electron chi connectivity index (χ4n) is 4.39. The summed E-state index contributed by atoms with van der Waals surface area (Å²) in [5, 5.41) is 10.0. The molecule has 5 nitrogen and oxygen atoms in total. The molecule has 0 radical (unpaired) electrons. The van der Waals surface area contributed by atoms with Gasteiger partial charge in [0.2, 0.25) is 0 Å². The number of carbonyl (C=O) groups is 2. The van der Waals surface area contributed by atoms with Gasteiger partial charge in [-0.05, 0) is 68.6 Å². The van der Waals surface area contributed by atoms with E-state index in [1.54, 1.807) is 23.1 Å². The van der Waals surface area contributed by atoms with Gasteiger partial charge in [-0.25, -0.2) is 0 Å². The second-order valence-electron chi connectivity index (χ2n) is 7.82. The summed E-state index contributed by atoms with van der Waals surface area (Å²) >= 11 is 6.13. The maximum atomic E-state index is 13.1. The summed E-state index contributed by atoms with van der Waals surface area (Å²) in [6, 6.07) is 5.14. The van der Waals surface area contributed by atoms with Crippen LogP contribution in [0.1, 0.15) is 48.9 Å². The molecule has 1 heterocycles. The molecule has 3 aliphatic rings. The summed E-state index contributed by atoms with van der Waals surface area (Å²) < 4.78 is 6.08. The fourth-order valence-corrected chi connectivity index (χ4v) is 4.56. The number of carboxylic acid groups (broad SMARTS) is 1. The molecule has 1 saturated heterocycles. The van der Waals surface area contributed by atoms with Gasteiger partial charge < -0.3 is 14.7 Å². The molecule has 1 amide bonds. The molecule has 0 bridgehead atoms. The van der Waals surface area contributed by atoms with Crippen LogP contribution in [-0.4, -0.2) is 41.1 Å². The van der Waals surface area contributed by atoms with Gasteiger partial charge in [0.25, 0.3) is 5.91 Å². The molecule has 4 rings (SSSR count). The number of aliphatic carboxylic acids is 1. The molecule has 2 saturated carbocycles. The van der Waals surface area contributed by atoms with Crippen molar-refractivity contribution >= 4 is 23.5 Å². The van der Waals surface area contributed by atoms with E-state index in [4.69, 9.17) is 16.3 Å². The van der Waals surface area contributed by atoms with Gasteiger partial charge in [0.1, 0.15) is 5.75 Å². The fraction of sp³-hybridized carbons (Fsp3) is 0.600. The Balaban J connectivity index is 1.55. The first kappa shape index (κ1) is 17.7. The van der Waals surface area contributed by atoms with Gasteiger partial charge in [0.15, 0.2) is 0 Å². The van der Waals surface area contributed by atoms with Crippen LogP contribution in [0.25, 0.3) is 0 Å². The van der Waals surface area contributed by atoms with Gasteiger partial charge in [-0.3, -0.25) is 9.59 Å². The van der Waals surface area contributed by atoms with E-state index in [2.05, 4.69) is 0 Å². The summed E-state index contributed by atoms with van der Waals surface area (Å²) in [5.74, 6) is -0.365. The number of likely N-dealkylation sites (tertiary alicyclic amines) is 1. The van der Waals surface area contributed by atoms with Crippen molar-refractivity contribution < 1.29 is 19.4 Å². The van der Waals surface area contributed by atoms with Crippen molar-refractivity contribution in [1.82, 2.24) is 4.90 Å². The molecular weight excluding hydrogens is 354 g/mol. The highest BCUT2D eigenvalue weighted by molar-refractivity contribution is 6.31. The molecule has 0 unspecified atom stereocenters. The number of carbonyl (C=O) groups excluding carboxylic acids is 1. The maximum Gasteiger partial charge on any atom is 0.308 e. The van der Waals surface area contributed by atoms with E-state index in [0.29, 0.717) is 28.8 Å². The molecule has 1 aliphatic heterocycles. The van der Waals surface area contributed by atoms with E-state index in [9.17, 15) is 14.7 Å². The third-order valence-corrected chi connectivity index (χ3v) is 6.20. The largest absolute Gasteiger partial charge is 0.490 e. The summed E-state index contributed by atoms with van der Waals surface area (Å²) in [5.41, 5.74) is 0.449. The first-order chi connectivity index (χ1) is 12.5. The lowest BCUT2D eigenvalue weighted by atomic mass is 9.92. The Labute approximate surface area is 158 Å². The quantitative estimate of drug-likeness (QED) is 0.846. The van der Waals surface area contributed by atoms with E-state index in [1.807, 2.05) is 0 Å².